The van der Waals surface area contributed by atoms with E-state index in [4.69, 9.17) is 19.7 Å². The summed E-state index contributed by atoms with van der Waals surface area (Å²) in [4.78, 5) is 20.9. The van der Waals surface area contributed by atoms with Gasteiger partial charge in [0.15, 0.2) is 0 Å². The minimum atomic E-state index is -0.836. The topological polar surface area (TPSA) is 118 Å². The molecule has 0 atom stereocenters. The number of hydrogen-bond donors (Lipinski definition) is 2. The molecule has 28 heavy (non-hydrogen) atoms. The van der Waals surface area contributed by atoms with Crippen LogP contribution in [0.4, 0.5) is 11.4 Å². The van der Waals surface area contributed by atoms with Crippen LogP contribution < -0.4 is 9.47 Å². The van der Waals surface area contributed by atoms with E-state index >= 15 is 0 Å². The lowest BCUT2D eigenvalue weighted by molar-refractivity contribution is -0.138. The van der Waals surface area contributed by atoms with E-state index in [9.17, 15) is 9.59 Å². The molecule has 2 aromatic rings. The number of ether oxygens (including phenoxy) is 2. The standard InChI is InChI=1S/C20H22N2O6/c23-19(24)3-1-13-27-17-9-5-15(6-10-17)21-22-16-7-11-18(12-8-16)28-14-2-4-20(25)26/h5-12H,1-4,13-14H2,(H,23,24)(H,25,26). The highest BCUT2D eigenvalue weighted by Gasteiger charge is 2.00. The van der Waals surface area contributed by atoms with Gasteiger partial charge in [-0.2, -0.15) is 10.2 Å². The Hall–Kier alpha value is -3.42. The lowest BCUT2D eigenvalue weighted by Crippen LogP contribution is -2.01. The molecule has 0 unspecified atom stereocenters. The Morgan fingerprint density at radius 2 is 1.04 bits per heavy atom. The Kier molecular flexibility index (Phi) is 8.45. The van der Waals surface area contributed by atoms with Gasteiger partial charge in [-0.1, -0.05) is 0 Å². The summed E-state index contributed by atoms with van der Waals surface area (Å²) in [6, 6.07) is 14.1. The molecule has 0 saturated heterocycles. The van der Waals surface area contributed by atoms with Gasteiger partial charge in [0.05, 0.1) is 24.6 Å². The Morgan fingerprint density at radius 3 is 1.36 bits per heavy atom. The van der Waals surface area contributed by atoms with E-state index in [-0.39, 0.29) is 12.8 Å². The molecule has 148 valence electrons. The normalized spacial score (nSPS) is 10.7. The average molecular weight is 386 g/mol. The minimum absolute atomic E-state index is 0.0818. The van der Waals surface area contributed by atoms with Crippen LogP contribution in [0.3, 0.4) is 0 Å². The first-order valence-electron chi connectivity index (χ1n) is 8.84. The van der Waals surface area contributed by atoms with E-state index in [1.54, 1.807) is 48.5 Å². The average Bonchev–Trinajstić information content (AvgIpc) is 2.68. The number of carbonyl (C=O) groups is 2. The summed E-state index contributed by atoms with van der Waals surface area (Å²) in [6.45, 7) is 0.690. The van der Waals surface area contributed by atoms with Crippen LogP contribution in [0.15, 0.2) is 58.8 Å². The molecule has 0 aliphatic rings. The van der Waals surface area contributed by atoms with Crippen molar-refractivity contribution in [2.75, 3.05) is 13.2 Å². The Labute approximate surface area is 162 Å². The van der Waals surface area contributed by atoms with Crippen LogP contribution in [0.25, 0.3) is 0 Å². The lowest BCUT2D eigenvalue weighted by Gasteiger charge is -2.05. The highest BCUT2D eigenvalue weighted by molar-refractivity contribution is 5.66. The largest absolute Gasteiger partial charge is 0.494 e. The molecule has 0 aliphatic carbocycles. The number of aliphatic carboxylic acids is 2. The minimum Gasteiger partial charge on any atom is -0.494 e. The van der Waals surface area contributed by atoms with Gasteiger partial charge in [-0.05, 0) is 61.4 Å². The number of rotatable bonds is 12. The molecule has 0 heterocycles. The fourth-order valence-corrected chi connectivity index (χ4v) is 2.16. The van der Waals surface area contributed by atoms with E-state index in [1.807, 2.05) is 0 Å². The molecule has 2 rings (SSSR count). The van der Waals surface area contributed by atoms with Crippen molar-refractivity contribution in [2.24, 2.45) is 10.2 Å². The fraction of sp³-hybridized carbons (Fsp3) is 0.300. The van der Waals surface area contributed by atoms with Crippen molar-refractivity contribution in [1.29, 1.82) is 0 Å². The van der Waals surface area contributed by atoms with Crippen LogP contribution in [0, 0.1) is 0 Å². The van der Waals surface area contributed by atoms with Gasteiger partial charge in [0.2, 0.25) is 0 Å². The monoisotopic (exact) mass is 386 g/mol. The van der Waals surface area contributed by atoms with Crippen molar-refractivity contribution in [2.45, 2.75) is 25.7 Å². The molecule has 2 aromatic carbocycles. The summed E-state index contributed by atoms with van der Waals surface area (Å²) < 4.78 is 10.9. The van der Waals surface area contributed by atoms with E-state index in [1.165, 1.54) is 0 Å². The first kappa shape index (κ1) is 20.9. The molecule has 0 radical (unpaired) electrons. The highest BCUT2D eigenvalue weighted by Crippen LogP contribution is 2.23. The molecule has 2 N–H and O–H groups in total. The molecule has 0 aromatic heterocycles. The molecular formula is C20H22N2O6. The second-order valence-electron chi connectivity index (χ2n) is 5.88. The molecule has 0 aliphatic heterocycles. The predicted octanol–water partition coefficient (Wildman–Crippen LogP) is 4.59. The van der Waals surface area contributed by atoms with Crippen molar-refractivity contribution < 1.29 is 29.3 Å². The molecule has 8 nitrogen and oxygen atoms in total. The first-order valence-corrected chi connectivity index (χ1v) is 8.84. The predicted molar refractivity (Wildman–Crippen MR) is 102 cm³/mol. The van der Waals surface area contributed by atoms with Crippen LogP contribution >= 0.6 is 0 Å². The zero-order valence-corrected chi connectivity index (χ0v) is 15.3. The van der Waals surface area contributed by atoms with Gasteiger partial charge in [-0.15, -0.1) is 0 Å². The third-order valence-electron chi connectivity index (χ3n) is 3.56. The van der Waals surface area contributed by atoms with Crippen LogP contribution in [0.2, 0.25) is 0 Å². The number of benzene rings is 2. The number of azo groups is 1. The zero-order chi connectivity index (χ0) is 20.2. The number of hydrogen-bond acceptors (Lipinski definition) is 6. The summed E-state index contributed by atoms with van der Waals surface area (Å²) in [5, 5.41) is 25.4. The molecular weight excluding hydrogens is 364 g/mol. The van der Waals surface area contributed by atoms with Crippen LogP contribution in [0.1, 0.15) is 25.7 Å². The summed E-state index contributed by atoms with van der Waals surface area (Å²) in [5.41, 5.74) is 1.32. The van der Waals surface area contributed by atoms with Gasteiger partial charge in [0.25, 0.3) is 0 Å². The smallest absolute Gasteiger partial charge is 0.303 e. The van der Waals surface area contributed by atoms with Gasteiger partial charge in [0.1, 0.15) is 11.5 Å². The maximum Gasteiger partial charge on any atom is 0.303 e. The second kappa shape index (κ2) is 11.3. The van der Waals surface area contributed by atoms with E-state index in [2.05, 4.69) is 10.2 Å². The number of nitrogens with zero attached hydrogens (tertiary/aromatic N) is 2. The zero-order valence-electron chi connectivity index (χ0n) is 15.3. The lowest BCUT2D eigenvalue weighted by atomic mass is 10.3. The summed E-state index contributed by atoms with van der Waals surface area (Å²) in [6.07, 6.45) is 1.07. The van der Waals surface area contributed by atoms with Crippen LogP contribution in [0.5, 0.6) is 11.5 Å². The van der Waals surface area contributed by atoms with Crippen molar-refractivity contribution in [3.63, 3.8) is 0 Å². The van der Waals surface area contributed by atoms with Gasteiger partial charge >= 0.3 is 11.9 Å². The molecule has 0 amide bonds. The Bertz CT molecular complexity index is 720. The third-order valence-corrected chi connectivity index (χ3v) is 3.56. The molecule has 0 saturated carbocycles. The maximum atomic E-state index is 10.4. The van der Waals surface area contributed by atoms with Crippen molar-refractivity contribution in [1.82, 2.24) is 0 Å². The number of carboxylic acid groups (broad SMARTS) is 2. The fourth-order valence-electron chi connectivity index (χ4n) is 2.16. The maximum absolute atomic E-state index is 10.4. The van der Waals surface area contributed by atoms with E-state index in [0.29, 0.717) is 48.9 Å². The SMILES string of the molecule is O=C(O)CCCOc1ccc(N=Nc2ccc(OCCCC(=O)O)cc2)cc1. The first-order chi connectivity index (χ1) is 13.5. The molecule has 0 spiro atoms. The summed E-state index contributed by atoms with van der Waals surface area (Å²) >= 11 is 0. The third kappa shape index (κ3) is 8.31. The number of carboxylic acids is 2. The molecule has 0 fully saturated rings. The van der Waals surface area contributed by atoms with Gasteiger partial charge in [-0.25, -0.2) is 0 Å². The highest BCUT2D eigenvalue weighted by atomic mass is 16.5. The van der Waals surface area contributed by atoms with Crippen LogP contribution in [-0.2, 0) is 9.59 Å². The Balaban J connectivity index is 1.77. The Morgan fingerprint density at radius 1 is 0.679 bits per heavy atom. The van der Waals surface area contributed by atoms with Gasteiger partial charge < -0.3 is 19.7 Å². The van der Waals surface area contributed by atoms with Gasteiger partial charge in [-0.3, -0.25) is 9.59 Å². The molecule has 8 heteroatoms. The van der Waals surface area contributed by atoms with E-state index in [0.717, 1.165) is 0 Å². The van der Waals surface area contributed by atoms with Gasteiger partial charge in [0, 0.05) is 12.8 Å². The van der Waals surface area contributed by atoms with Crippen molar-refractivity contribution >= 4 is 23.3 Å². The summed E-state index contributed by atoms with van der Waals surface area (Å²) in [7, 11) is 0. The van der Waals surface area contributed by atoms with Crippen molar-refractivity contribution in [3.05, 3.63) is 48.5 Å². The molecule has 0 bridgehead atoms. The quantitative estimate of drug-likeness (QED) is 0.407. The second-order valence-corrected chi connectivity index (χ2v) is 5.88. The van der Waals surface area contributed by atoms with Crippen molar-refractivity contribution in [3.8, 4) is 11.5 Å². The van der Waals surface area contributed by atoms with Crippen LogP contribution in [-0.4, -0.2) is 35.4 Å². The summed E-state index contributed by atoms with van der Waals surface area (Å²) in [5.74, 6) is -0.378. The van der Waals surface area contributed by atoms with E-state index < -0.39 is 11.9 Å².